The SMILES string of the molecule is Cl.Cl.Cl.c1ccc(CCCNCCCN(CCCc2ccccc2)CCNCCCc2ccccc2)cc1. The molecule has 0 atom stereocenters. The molecule has 6 heteroatoms. The fraction of sp³-hybridized carbons (Fsp3) is 0.438. The summed E-state index contributed by atoms with van der Waals surface area (Å²) in [6, 6.07) is 32.5. The van der Waals surface area contributed by atoms with Crippen molar-refractivity contribution in [1.29, 1.82) is 0 Å². The van der Waals surface area contributed by atoms with E-state index in [0.29, 0.717) is 0 Å². The predicted molar refractivity (Wildman–Crippen MR) is 173 cm³/mol. The number of aryl methyl sites for hydroxylation is 3. The molecule has 0 unspecified atom stereocenters. The molecule has 0 aliphatic carbocycles. The van der Waals surface area contributed by atoms with Crippen LogP contribution in [0.4, 0.5) is 0 Å². The third-order valence-electron chi connectivity index (χ3n) is 6.54. The lowest BCUT2D eigenvalue weighted by Crippen LogP contribution is -2.35. The van der Waals surface area contributed by atoms with Gasteiger partial charge < -0.3 is 15.5 Å². The van der Waals surface area contributed by atoms with E-state index < -0.39 is 0 Å². The summed E-state index contributed by atoms with van der Waals surface area (Å²) >= 11 is 0. The van der Waals surface area contributed by atoms with Crippen molar-refractivity contribution < 1.29 is 0 Å². The van der Waals surface area contributed by atoms with Gasteiger partial charge in [0.25, 0.3) is 0 Å². The van der Waals surface area contributed by atoms with E-state index >= 15 is 0 Å². The van der Waals surface area contributed by atoms with E-state index in [4.69, 9.17) is 0 Å². The molecule has 0 aromatic heterocycles. The summed E-state index contributed by atoms with van der Waals surface area (Å²) in [4.78, 5) is 2.65. The van der Waals surface area contributed by atoms with Gasteiger partial charge in [-0.25, -0.2) is 0 Å². The van der Waals surface area contributed by atoms with Gasteiger partial charge in [0.15, 0.2) is 0 Å². The van der Waals surface area contributed by atoms with Crippen molar-refractivity contribution in [2.24, 2.45) is 0 Å². The van der Waals surface area contributed by atoms with Crippen LogP contribution in [-0.2, 0) is 19.3 Å². The second kappa shape index (κ2) is 24.5. The van der Waals surface area contributed by atoms with Crippen molar-refractivity contribution in [3.8, 4) is 0 Å². The first kappa shape index (κ1) is 36.4. The normalized spacial score (nSPS) is 10.3. The van der Waals surface area contributed by atoms with Gasteiger partial charge >= 0.3 is 0 Å². The Morgan fingerprint density at radius 1 is 0.395 bits per heavy atom. The summed E-state index contributed by atoms with van der Waals surface area (Å²) in [7, 11) is 0. The zero-order chi connectivity index (χ0) is 24.2. The zero-order valence-electron chi connectivity index (χ0n) is 22.7. The highest BCUT2D eigenvalue weighted by atomic mass is 35.5. The van der Waals surface area contributed by atoms with Gasteiger partial charge in [0, 0.05) is 13.1 Å². The standard InChI is InChI=1S/C32H45N3.3ClH/c1-4-14-30(15-5-1)20-10-23-33-25-13-28-35(27-12-22-32-18-8-3-9-19-32)29-26-34-24-11-21-31-16-6-2-7-17-31;;;/h1-9,14-19,33-34H,10-13,20-29H2;3*1H. The lowest BCUT2D eigenvalue weighted by molar-refractivity contribution is 0.265. The maximum Gasteiger partial charge on any atom is 0.0107 e. The average Bonchev–Trinajstić information content (AvgIpc) is 2.91. The smallest absolute Gasteiger partial charge is 0.0107 e. The predicted octanol–water partition coefficient (Wildman–Crippen LogP) is 7.02. The Bertz CT molecular complexity index is 882. The van der Waals surface area contributed by atoms with Gasteiger partial charge in [0.2, 0.25) is 0 Å². The average molecular weight is 581 g/mol. The zero-order valence-corrected chi connectivity index (χ0v) is 25.2. The number of nitrogens with zero attached hydrogens (tertiary/aromatic N) is 1. The van der Waals surface area contributed by atoms with Gasteiger partial charge in [-0.15, -0.1) is 37.2 Å². The molecule has 0 aliphatic rings. The number of benzene rings is 3. The Morgan fingerprint density at radius 2 is 0.763 bits per heavy atom. The minimum absolute atomic E-state index is 0. The molecule has 0 fully saturated rings. The molecule has 0 saturated heterocycles. The van der Waals surface area contributed by atoms with Gasteiger partial charge in [-0.3, -0.25) is 0 Å². The van der Waals surface area contributed by atoms with Crippen LogP contribution >= 0.6 is 37.2 Å². The van der Waals surface area contributed by atoms with Crippen molar-refractivity contribution in [3.05, 3.63) is 108 Å². The largest absolute Gasteiger partial charge is 0.317 e. The van der Waals surface area contributed by atoms with E-state index in [0.717, 1.165) is 45.6 Å². The molecule has 3 rings (SSSR count). The van der Waals surface area contributed by atoms with Crippen molar-refractivity contribution in [1.82, 2.24) is 15.5 Å². The molecule has 2 N–H and O–H groups in total. The van der Waals surface area contributed by atoms with Crippen LogP contribution in [0.25, 0.3) is 0 Å². The maximum atomic E-state index is 3.67. The summed E-state index contributed by atoms with van der Waals surface area (Å²) in [6.07, 6.45) is 8.33. The third-order valence-corrected chi connectivity index (χ3v) is 6.54. The van der Waals surface area contributed by atoms with Crippen LogP contribution in [0.5, 0.6) is 0 Å². The molecule has 0 spiro atoms. The summed E-state index contributed by atoms with van der Waals surface area (Å²) in [6.45, 7) is 7.86. The minimum Gasteiger partial charge on any atom is -0.317 e. The van der Waals surface area contributed by atoms with Crippen molar-refractivity contribution in [2.45, 2.75) is 44.9 Å². The number of halogens is 3. The second-order valence-corrected chi connectivity index (χ2v) is 9.46. The quantitative estimate of drug-likeness (QED) is 0.149. The van der Waals surface area contributed by atoms with Gasteiger partial charge in [0.1, 0.15) is 0 Å². The summed E-state index contributed by atoms with van der Waals surface area (Å²) in [5.74, 6) is 0. The van der Waals surface area contributed by atoms with Crippen LogP contribution in [0.3, 0.4) is 0 Å². The van der Waals surface area contributed by atoms with Crippen molar-refractivity contribution in [2.75, 3.05) is 45.8 Å². The highest BCUT2D eigenvalue weighted by molar-refractivity contribution is 5.86. The summed E-state index contributed by atoms with van der Waals surface area (Å²) in [5, 5.41) is 7.32. The first-order valence-electron chi connectivity index (χ1n) is 13.7. The summed E-state index contributed by atoms with van der Waals surface area (Å²) in [5.41, 5.74) is 4.33. The van der Waals surface area contributed by atoms with Crippen molar-refractivity contribution >= 4 is 37.2 Å². The minimum atomic E-state index is 0. The molecule has 0 heterocycles. The Labute approximate surface area is 250 Å². The Morgan fingerprint density at radius 3 is 1.24 bits per heavy atom. The van der Waals surface area contributed by atoms with E-state index in [2.05, 4.69) is 107 Å². The summed E-state index contributed by atoms with van der Waals surface area (Å²) < 4.78 is 0. The molecule has 38 heavy (non-hydrogen) atoms. The van der Waals surface area contributed by atoms with E-state index in [1.807, 2.05) is 0 Å². The van der Waals surface area contributed by atoms with E-state index in [-0.39, 0.29) is 37.2 Å². The van der Waals surface area contributed by atoms with Crippen LogP contribution in [0.1, 0.15) is 42.4 Å². The molecule has 3 aromatic carbocycles. The van der Waals surface area contributed by atoms with Crippen LogP contribution < -0.4 is 10.6 Å². The Kier molecular flexibility index (Phi) is 23.4. The van der Waals surface area contributed by atoms with Crippen molar-refractivity contribution in [3.63, 3.8) is 0 Å². The highest BCUT2D eigenvalue weighted by Gasteiger charge is 2.05. The second-order valence-electron chi connectivity index (χ2n) is 9.46. The van der Waals surface area contributed by atoms with E-state index in [1.54, 1.807) is 0 Å². The topological polar surface area (TPSA) is 27.3 Å². The Balaban J connectivity index is 0.00000456. The Hall–Kier alpha value is -1.59. The van der Waals surface area contributed by atoms with Gasteiger partial charge in [-0.1, -0.05) is 91.0 Å². The molecule has 0 aliphatic heterocycles. The maximum absolute atomic E-state index is 3.67. The molecular formula is C32H48Cl3N3. The fourth-order valence-corrected chi connectivity index (χ4v) is 4.53. The number of rotatable bonds is 19. The van der Waals surface area contributed by atoms with E-state index in [1.165, 1.54) is 61.9 Å². The third kappa shape index (κ3) is 17.1. The number of nitrogens with one attached hydrogen (secondary N) is 2. The monoisotopic (exact) mass is 579 g/mol. The van der Waals surface area contributed by atoms with Crippen LogP contribution in [0.15, 0.2) is 91.0 Å². The first-order valence-corrected chi connectivity index (χ1v) is 13.7. The highest BCUT2D eigenvalue weighted by Crippen LogP contribution is 2.05. The van der Waals surface area contributed by atoms with E-state index in [9.17, 15) is 0 Å². The molecule has 212 valence electrons. The van der Waals surface area contributed by atoms with Crippen LogP contribution in [0.2, 0.25) is 0 Å². The molecule has 0 amide bonds. The molecular weight excluding hydrogens is 533 g/mol. The van der Waals surface area contributed by atoms with Gasteiger partial charge in [0.05, 0.1) is 0 Å². The van der Waals surface area contributed by atoms with Crippen LogP contribution in [-0.4, -0.2) is 50.7 Å². The molecule has 3 nitrogen and oxygen atoms in total. The molecule has 0 bridgehead atoms. The molecule has 0 saturated carbocycles. The molecule has 0 radical (unpaired) electrons. The lowest BCUT2D eigenvalue weighted by atomic mass is 10.1. The van der Waals surface area contributed by atoms with Crippen LogP contribution in [0, 0.1) is 0 Å². The lowest BCUT2D eigenvalue weighted by Gasteiger charge is -2.23. The number of hydrogen-bond acceptors (Lipinski definition) is 3. The van der Waals surface area contributed by atoms with Gasteiger partial charge in [-0.2, -0.15) is 0 Å². The first-order chi connectivity index (χ1) is 17.4. The number of hydrogen-bond donors (Lipinski definition) is 2. The van der Waals surface area contributed by atoms with Gasteiger partial charge in [-0.05, 0) is 94.4 Å². The molecule has 3 aromatic rings. The fourth-order valence-electron chi connectivity index (χ4n) is 4.53.